The van der Waals surface area contributed by atoms with Crippen molar-refractivity contribution in [1.29, 1.82) is 0 Å². The lowest BCUT2D eigenvalue weighted by atomic mass is 9.95. The number of benzene rings is 1. The minimum absolute atomic E-state index is 0.0393. The highest BCUT2D eigenvalue weighted by Crippen LogP contribution is 2.41. The van der Waals surface area contributed by atoms with Crippen molar-refractivity contribution in [2.24, 2.45) is 0 Å². The van der Waals surface area contributed by atoms with Crippen LogP contribution < -0.4 is 4.90 Å². The second-order valence-corrected chi connectivity index (χ2v) is 7.08. The van der Waals surface area contributed by atoms with E-state index in [0.717, 1.165) is 0 Å². The van der Waals surface area contributed by atoms with Crippen molar-refractivity contribution >= 4 is 32.7 Å². The molecule has 1 atom stereocenters. The molecule has 1 fully saturated rings. The Kier molecular flexibility index (Phi) is 4.39. The van der Waals surface area contributed by atoms with Gasteiger partial charge in [-0.05, 0) is 41.8 Å². The van der Waals surface area contributed by atoms with Crippen molar-refractivity contribution in [3.63, 3.8) is 0 Å². The zero-order valence-electron chi connectivity index (χ0n) is 13.0. The van der Waals surface area contributed by atoms with Gasteiger partial charge in [-0.3, -0.25) is 0 Å². The van der Waals surface area contributed by atoms with E-state index in [4.69, 9.17) is 0 Å². The molecule has 0 amide bonds. The second-order valence-electron chi connectivity index (χ2n) is 6.28. The summed E-state index contributed by atoms with van der Waals surface area (Å²) in [6.45, 7) is 1.95. The molecule has 10 heteroatoms. The van der Waals surface area contributed by atoms with E-state index in [9.17, 15) is 27.1 Å². The zero-order chi connectivity index (χ0) is 18.6. The van der Waals surface area contributed by atoms with Gasteiger partial charge in [-0.1, -0.05) is 0 Å². The second kappa shape index (κ2) is 6.01. The maximum absolute atomic E-state index is 14.4. The number of hydrogen-bond acceptors (Lipinski definition) is 4. The van der Waals surface area contributed by atoms with Crippen LogP contribution in [-0.2, 0) is 6.18 Å². The summed E-state index contributed by atoms with van der Waals surface area (Å²) in [4.78, 5) is 8.33. The number of fused-ring (bicyclic) bond motifs is 1. The van der Waals surface area contributed by atoms with Crippen LogP contribution in [0.3, 0.4) is 0 Å². The van der Waals surface area contributed by atoms with E-state index in [1.54, 1.807) is 6.92 Å². The Morgan fingerprint density at radius 1 is 1.28 bits per heavy atom. The number of halogens is 6. The van der Waals surface area contributed by atoms with E-state index in [0.29, 0.717) is 25.5 Å². The van der Waals surface area contributed by atoms with Crippen molar-refractivity contribution < 1.29 is 27.1 Å². The van der Waals surface area contributed by atoms with Crippen LogP contribution >= 0.6 is 15.9 Å². The predicted octanol–water partition coefficient (Wildman–Crippen LogP) is 4.04. The molecule has 0 saturated carbocycles. The molecule has 1 aromatic heterocycles. The first-order chi connectivity index (χ1) is 11.5. The fraction of sp³-hybridized carbons (Fsp3) is 0.467. The van der Waals surface area contributed by atoms with Crippen molar-refractivity contribution in [2.75, 3.05) is 18.0 Å². The third-order valence-corrected chi connectivity index (χ3v) is 4.88. The standard InChI is InChI=1S/C15H13BrF5N3O/c1-14(25)3-2-4-24(6-14)12-7-5-8(15(19,20)21)9(16)10(17)11(7)22-13(18)23-12/h5,25H,2-4,6H2,1H3/t14-/m1/s1. The molecule has 0 spiro atoms. The van der Waals surface area contributed by atoms with Gasteiger partial charge in [-0.2, -0.15) is 27.5 Å². The smallest absolute Gasteiger partial charge is 0.388 e. The fourth-order valence-corrected chi connectivity index (χ4v) is 3.54. The molecular formula is C15H13BrF5N3O. The molecule has 1 aliphatic heterocycles. The number of hydrogen-bond donors (Lipinski definition) is 1. The molecule has 1 aromatic carbocycles. The molecule has 0 unspecified atom stereocenters. The number of alkyl halides is 3. The number of piperidine rings is 1. The highest BCUT2D eigenvalue weighted by atomic mass is 79.9. The average molecular weight is 426 g/mol. The van der Waals surface area contributed by atoms with Gasteiger partial charge in [-0.25, -0.2) is 4.39 Å². The summed E-state index contributed by atoms with van der Waals surface area (Å²) in [5.74, 6) is -1.48. The van der Waals surface area contributed by atoms with Gasteiger partial charge in [0.25, 0.3) is 0 Å². The van der Waals surface area contributed by atoms with Crippen LogP contribution in [0.5, 0.6) is 0 Å². The van der Waals surface area contributed by atoms with Gasteiger partial charge < -0.3 is 10.0 Å². The fourth-order valence-electron chi connectivity index (χ4n) is 3.01. The molecule has 1 saturated heterocycles. The summed E-state index contributed by atoms with van der Waals surface area (Å²) in [6.07, 6.45) is -5.04. The molecule has 1 N–H and O–H groups in total. The average Bonchev–Trinajstić information content (AvgIpc) is 2.48. The van der Waals surface area contributed by atoms with E-state index in [-0.39, 0.29) is 17.7 Å². The third-order valence-electron chi connectivity index (χ3n) is 4.10. The zero-order valence-corrected chi connectivity index (χ0v) is 14.5. The lowest BCUT2D eigenvalue weighted by molar-refractivity contribution is -0.138. The Hall–Kier alpha value is -1.55. The maximum atomic E-state index is 14.4. The first-order valence-electron chi connectivity index (χ1n) is 7.39. The number of anilines is 1. The van der Waals surface area contributed by atoms with Crippen LogP contribution in [0, 0.1) is 11.9 Å². The molecule has 0 bridgehead atoms. The molecular weight excluding hydrogens is 413 g/mol. The number of aromatic nitrogens is 2. The maximum Gasteiger partial charge on any atom is 0.417 e. The Morgan fingerprint density at radius 3 is 2.56 bits per heavy atom. The van der Waals surface area contributed by atoms with Crippen molar-refractivity contribution in [3.05, 3.63) is 28.0 Å². The van der Waals surface area contributed by atoms with E-state index in [1.165, 1.54) is 4.90 Å². The number of nitrogens with zero attached hydrogens (tertiary/aromatic N) is 3. The van der Waals surface area contributed by atoms with Crippen molar-refractivity contribution in [1.82, 2.24) is 9.97 Å². The summed E-state index contributed by atoms with van der Waals surface area (Å²) in [7, 11) is 0. The molecule has 25 heavy (non-hydrogen) atoms. The summed E-state index contributed by atoms with van der Waals surface area (Å²) >= 11 is 2.57. The summed E-state index contributed by atoms with van der Waals surface area (Å²) in [5, 5.41) is 9.93. The summed E-state index contributed by atoms with van der Waals surface area (Å²) in [5.41, 5.74) is -2.89. The normalized spacial score (nSPS) is 21.8. The van der Waals surface area contributed by atoms with Crippen molar-refractivity contribution in [2.45, 2.75) is 31.5 Å². The van der Waals surface area contributed by atoms with Crippen LogP contribution in [0.2, 0.25) is 0 Å². The molecule has 3 rings (SSSR count). The molecule has 0 aliphatic carbocycles. The minimum atomic E-state index is -4.81. The lowest BCUT2D eigenvalue weighted by Gasteiger charge is -2.37. The Balaban J connectivity index is 2.27. The molecule has 2 aromatic rings. The number of β-amino-alcohol motifs (C(OH)–C–C–N with tert-alkyl or cyclic N) is 1. The quantitative estimate of drug-likeness (QED) is 0.553. The van der Waals surface area contributed by atoms with Crippen molar-refractivity contribution in [3.8, 4) is 0 Å². The van der Waals surface area contributed by atoms with Crippen LogP contribution in [0.4, 0.5) is 27.8 Å². The van der Waals surface area contributed by atoms with Gasteiger partial charge in [-0.15, -0.1) is 0 Å². The van der Waals surface area contributed by atoms with Crippen LogP contribution in [0.25, 0.3) is 10.9 Å². The SMILES string of the molecule is C[C@@]1(O)CCCN(c2nc(F)nc3c(F)c(Br)c(C(F)(F)F)cc23)C1. The van der Waals surface area contributed by atoms with E-state index in [1.807, 2.05) is 0 Å². The van der Waals surface area contributed by atoms with Gasteiger partial charge in [0.2, 0.25) is 0 Å². The molecule has 136 valence electrons. The highest BCUT2D eigenvalue weighted by Gasteiger charge is 2.37. The minimum Gasteiger partial charge on any atom is -0.388 e. The molecule has 4 nitrogen and oxygen atoms in total. The Labute approximate surface area is 147 Å². The Morgan fingerprint density at radius 2 is 1.96 bits per heavy atom. The lowest BCUT2D eigenvalue weighted by Crippen LogP contribution is -2.46. The van der Waals surface area contributed by atoms with Crippen LogP contribution in [-0.4, -0.2) is 33.8 Å². The van der Waals surface area contributed by atoms with E-state index < -0.39 is 39.2 Å². The molecule has 1 aliphatic rings. The highest BCUT2D eigenvalue weighted by molar-refractivity contribution is 9.10. The van der Waals surface area contributed by atoms with Crippen LogP contribution in [0.15, 0.2) is 10.5 Å². The first-order valence-corrected chi connectivity index (χ1v) is 8.19. The van der Waals surface area contributed by atoms with E-state index in [2.05, 4.69) is 25.9 Å². The van der Waals surface area contributed by atoms with E-state index >= 15 is 0 Å². The van der Waals surface area contributed by atoms with Gasteiger partial charge in [0, 0.05) is 18.5 Å². The molecule has 0 radical (unpaired) electrons. The van der Waals surface area contributed by atoms with Gasteiger partial charge in [0.05, 0.1) is 15.6 Å². The first kappa shape index (κ1) is 18.2. The third kappa shape index (κ3) is 3.41. The predicted molar refractivity (Wildman–Crippen MR) is 84.2 cm³/mol. The largest absolute Gasteiger partial charge is 0.417 e. The number of aliphatic hydroxyl groups is 1. The van der Waals surface area contributed by atoms with Crippen LogP contribution in [0.1, 0.15) is 25.3 Å². The Bertz CT molecular complexity index is 840. The summed E-state index contributed by atoms with van der Waals surface area (Å²) < 4.78 is 66.8. The molecule has 2 heterocycles. The van der Waals surface area contributed by atoms with Gasteiger partial charge in [0.1, 0.15) is 11.3 Å². The van der Waals surface area contributed by atoms with Gasteiger partial charge >= 0.3 is 12.3 Å². The van der Waals surface area contributed by atoms with Gasteiger partial charge in [0.15, 0.2) is 5.82 Å². The number of rotatable bonds is 1. The topological polar surface area (TPSA) is 49.2 Å². The monoisotopic (exact) mass is 425 g/mol. The summed E-state index contributed by atoms with van der Waals surface area (Å²) in [6, 6.07) is 0.695.